The highest BCUT2D eigenvalue weighted by Gasteiger charge is 2.26. The van der Waals surface area contributed by atoms with E-state index in [1.54, 1.807) is 62.6 Å². The van der Waals surface area contributed by atoms with Crippen molar-refractivity contribution in [2.45, 2.75) is 45.4 Å². The van der Waals surface area contributed by atoms with Gasteiger partial charge in [0.25, 0.3) is 5.91 Å². The molecule has 0 unspecified atom stereocenters. The van der Waals surface area contributed by atoms with Crippen LogP contribution in [0.25, 0.3) is 0 Å². The second kappa shape index (κ2) is 12.5. The molecule has 3 rings (SSSR count). The summed E-state index contributed by atoms with van der Waals surface area (Å²) < 4.78 is 16.6. The van der Waals surface area contributed by atoms with Crippen molar-refractivity contribution >= 4 is 18.0 Å². The summed E-state index contributed by atoms with van der Waals surface area (Å²) in [4.78, 5) is 36.7. The molecule has 0 radical (unpaired) electrons. The number of hydrogen-bond donors (Lipinski definition) is 3. The summed E-state index contributed by atoms with van der Waals surface area (Å²) >= 11 is 0. The Morgan fingerprint density at radius 3 is 2.00 bits per heavy atom. The van der Waals surface area contributed by atoms with Crippen molar-refractivity contribution in [1.82, 2.24) is 10.8 Å². The number of hydrogen-bond acceptors (Lipinski definition) is 7. The minimum atomic E-state index is -0.962. The molecular weight excluding hydrogens is 476 g/mol. The molecule has 2 amide bonds. The Morgan fingerprint density at radius 2 is 1.43 bits per heavy atom. The van der Waals surface area contributed by atoms with Gasteiger partial charge in [-0.3, -0.25) is 10.0 Å². The van der Waals surface area contributed by atoms with E-state index < -0.39 is 29.6 Å². The maximum Gasteiger partial charge on any atom is 0.408 e. The van der Waals surface area contributed by atoms with Gasteiger partial charge in [-0.25, -0.2) is 15.1 Å². The summed E-state index contributed by atoms with van der Waals surface area (Å²) in [5.74, 6) is -0.169. The summed E-state index contributed by atoms with van der Waals surface area (Å²) in [6.07, 6.45) is -0.537. The zero-order chi connectivity index (χ0) is 26.8. The first kappa shape index (κ1) is 27.2. The monoisotopic (exact) mass is 506 g/mol. The van der Waals surface area contributed by atoms with Crippen LogP contribution in [0.1, 0.15) is 42.3 Å². The van der Waals surface area contributed by atoms with Crippen LogP contribution in [0.2, 0.25) is 0 Å². The Balaban J connectivity index is 1.66. The summed E-state index contributed by atoms with van der Waals surface area (Å²) in [5, 5.41) is 11.3. The van der Waals surface area contributed by atoms with E-state index in [0.717, 1.165) is 11.1 Å². The van der Waals surface area contributed by atoms with E-state index in [2.05, 4.69) is 5.32 Å². The van der Waals surface area contributed by atoms with Crippen LogP contribution in [0.4, 0.5) is 4.79 Å². The standard InChI is InChI=1S/C28H30N2O7/c1-28(2,3)37-27(33)29-24(26(32)35-18-20-7-5-4-6-8-20)17-19-9-13-22(14-10-19)36-23-15-11-21(12-16-23)25(31)30-34/h4-16,24,34H,17-18H2,1-3H3,(H,29,33)(H,30,31)/t24-/m0/s1. The normalized spacial score (nSPS) is 11.7. The Labute approximate surface area is 215 Å². The van der Waals surface area contributed by atoms with Crippen molar-refractivity contribution in [1.29, 1.82) is 0 Å². The van der Waals surface area contributed by atoms with Crippen molar-refractivity contribution in [3.8, 4) is 11.5 Å². The van der Waals surface area contributed by atoms with E-state index in [-0.39, 0.29) is 18.6 Å². The molecule has 0 heterocycles. The largest absolute Gasteiger partial charge is 0.459 e. The lowest BCUT2D eigenvalue weighted by atomic mass is 10.1. The van der Waals surface area contributed by atoms with E-state index >= 15 is 0 Å². The molecule has 9 nitrogen and oxygen atoms in total. The minimum Gasteiger partial charge on any atom is -0.459 e. The number of carbonyl (C=O) groups is 3. The van der Waals surface area contributed by atoms with E-state index in [9.17, 15) is 14.4 Å². The molecule has 0 saturated carbocycles. The number of amides is 2. The number of nitrogens with one attached hydrogen (secondary N) is 2. The molecule has 1 atom stereocenters. The minimum absolute atomic E-state index is 0.0811. The molecule has 0 aromatic heterocycles. The number of ether oxygens (including phenoxy) is 3. The van der Waals surface area contributed by atoms with Gasteiger partial charge in [0.2, 0.25) is 0 Å². The quantitative estimate of drug-likeness (QED) is 0.217. The summed E-state index contributed by atoms with van der Waals surface area (Å²) in [5.41, 5.74) is 2.73. The smallest absolute Gasteiger partial charge is 0.408 e. The predicted molar refractivity (Wildman–Crippen MR) is 135 cm³/mol. The van der Waals surface area contributed by atoms with E-state index in [1.165, 1.54) is 12.1 Å². The highest BCUT2D eigenvalue weighted by molar-refractivity contribution is 5.93. The van der Waals surface area contributed by atoms with Crippen molar-refractivity contribution in [2.75, 3.05) is 0 Å². The van der Waals surface area contributed by atoms with Crippen LogP contribution in [-0.2, 0) is 27.3 Å². The third-order valence-corrected chi connectivity index (χ3v) is 5.02. The van der Waals surface area contributed by atoms with Crippen molar-refractivity contribution in [2.24, 2.45) is 0 Å². The molecular formula is C28H30N2O7. The second-order valence-corrected chi connectivity index (χ2v) is 9.21. The number of hydroxylamine groups is 1. The molecule has 37 heavy (non-hydrogen) atoms. The zero-order valence-corrected chi connectivity index (χ0v) is 20.9. The number of rotatable bonds is 9. The SMILES string of the molecule is CC(C)(C)OC(=O)N[C@@H](Cc1ccc(Oc2ccc(C(=O)NO)cc2)cc1)C(=O)OCc1ccccc1. The maximum atomic E-state index is 12.9. The topological polar surface area (TPSA) is 123 Å². The average molecular weight is 507 g/mol. The lowest BCUT2D eigenvalue weighted by molar-refractivity contribution is -0.147. The second-order valence-electron chi connectivity index (χ2n) is 9.21. The van der Waals surface area contributed by atoms with Crippen LogP contribution in [0.15, 0.2) is 78.9 Å². The summed E-state index contributed by atoms with van der Waals surface area (Å²) in [6, 6.07) is 21.5. The highest BCUT2D eigenvalue weighted by atomic mass is 16.6. The van der Waals surface area contributed by atoms with Crippen LogP contribution in [0.5, 0.6) is 11.5 Å². The van der Waals surface area contributed by atoms with E-state index in [1.807, 2.05) is 30.3 Å². The lowest BCUT2D eigenvalue weighted by Crippen LogP contribution is -2.45. The molecule has 194 valence electrons. The van der Waals surface area contributed by atoms with E-state index in [0.29, 0.717) is 11.5 Å². The van der Waals surface area contributed by atoms with Gasteiger partial charge in [0.15, 0.2) is 0 Å². The fourth-order valence-corrected chi connectivity index (χ4v) is 3.28. The summed E-state index contributed by atoms with van der Waals surface area (Å²) in [7, 11) is 0. The molecule has 0 aliphatic rings. The van der Waals surface area contributed by atoms with Crippen molar-refractivity contribution in [3.63, 3.8) is 0 Å². The molecule has 9 heteroatoms. The molecule has 0 aliphatic heterocycles. The molecule has 3 aromatic rings. The Morgan fingerprint density at radius 1 is 0.838 bits per heavy atom. The first-order chi connectivity index (χ1) is 17.6. The van der Waals surface area contributed by atoms with Gasteiger partial charge in [0, 0.05) is 12.0 Å². The molecule has 0 aliphatic carbocycles. The lowest BCUT2D eigenvalue weighted by Gasteiger charge is -2.23. The fourth-order valence-electron chi connectivity index (χ4n) is 3.28. The third-order valence-electron chi connectivity index (χ3n) is 5.02. The van der Waals surface area contributed by atoms with Crippen LogP contribution < -0.4 is 15.5 Å². The van der Waals surface area contributed by atoms with Gasteiger partial charge >= 0.3 is 12.1 Å². The predicted octanol–water partition coefficient (Wildman–Crippen LogP) is 4.78. The first-order valence-corrected chi connectivity index (χ1v) is 11.6. The Kier molecular flexibility index (Phi) is 9.23. The molecule has 0 spiro atoms. The highest BCUT2D eigenvalue weighted by Crippen LogP contribution is 2.23. The summed E-state index contributed by atoms with van der Waals surface area (Å²) in [6.45, 7) is 5.30. The number of alkyl carbamates (subject to hydrolysis) is 1. The van der Waals surface area contributed by atoms with Gasteiger partial charge in [-0.05, 0) is 68.3 Å². The fraction of sp³-hybridized carbons (Fsp3) is 0.250. The zero-order valence-electron chi connectivity index (χ0n) is 20.9. The van der Waals surface area contributed by atoms with Crippen molar-refractivity contribution < 1.29 is 33.8 Å². The number of benzene rings is 3. The Hall–Kier alpha value is -4.37. The molecule has 3 N–H and O–H groups in total. The van der Waals surface area contributed by atoms with Crippen LogP contribution in [-0.4, -0.2) is 34.8 Å². The van der Waals surface area contributed by atoms with Gasteiger partial charge in [0.1, 0.15) is 29.7 Å². The molecule has 0 bridgehead atoms. The molecule has 3 aromatic carbocycles. The van der Waals surface area contributed by atoms with Crippen LogP contribution in [0, 0.1) is 0 Å². The van der Waals surface area contributed by atoms with Gasteiger partial charge in [0.05, 0.1) is 0 Å². The van der Waals surface area contributed by atoms with Crippen molar-refractivity contribution in [3.05, 3.63) is 95.6 Å². The molecule has 0 fully saturated rings. The maximum absolute atomic E-state index is 12.9. The number of carbonyl (C=O) groups excluding carboxylic acids is 3. The van der Waals surface area contributed by atoms with Crippen LogP contribution in [0.3, 0.4) is 0 Å². The van der Waals surface area contributed by atoms with E-state index in [4.69, 9.17) is 19.4 Å². The first-order valence-electron chi connectivity index (χ1n) is 11.6. The van der Waals surface area contributed by atoms with Gasteiger partial charge in [-0.1, -0.05) is 42.5 Å². The third kappa shape index (κ3) is 8.97. The average Bonchev–Trinajstić information content (AvgIpc) is 2.87. The van der Waals surface area contributed by atoms with Gasteiger partial charge in [-0.2, -0.15) is 0 Å². The van der Waals surface area contributed by atoms with Gasteiger partial charge < -0.3 is 19.5 Å². The van der Waals surface area contributed by atoms with Crippen LogP contribution >= 0.6 is 0 Å². The molecule has 0 saturated heterocycles. The Bertz CT molecular complexity index is 1190. The van der Waals surface area contributed by atoms with Gasteiger partial charge in [-0.15, -0.1) is 0 Å². The number of esters is 1.